The zero-order valence-electron chi connectivity index (χ0n) is 20.1. The molecule has 1 atom stereocenters. The second-order valence-corrected chi connectivity index (χ2v) is 9.78. The Balaban J connectivity index is 1.47. The summed E-state index contributed by atoms with van der Waals surface area (Å²) in [7, 11) is 1.69. The van der Waals surface area contributed by atoms with Gasteiger partial charge in [-0.1, -0.05) is 26.0 Å². The van der Waals surface area contributed by atoms with Crippen molar-refractivity contribution in [3.8, 4) is 5.75 Å². The SMILES string of the molecule is COc1cccc(C(C)Nc2nc(N3CCC4(CCCN4)CC3)nc3c(C(C)C)cnn23)c1. The summed E-state index contributed by atoms with van der Waals surface area (Å²) in [6.07, 6.45) is 6.77. The molecule has 1 spiro atoms. The zero-order valence-corrected chi connectivity index (χ0v) is 20.1. The van der Waals surface area contributed by atoms with Crippen molar-refractivity contribution in [2.24, 2.45) is 0 Å². The van der Waals surface area contributed by atoms with Crippen LogP contribution in [0.2, 0.25) is 0 Å². The summed E-state index contributed by atoms with van der Waals surface area (Å²) in [5.41, 5.74) is 3.48. The topological polar surface area (TPSA) is 79.6 Å². The minimum absolute atomic E-state index is 0.0325. The van der Waals surface area contributed by atoms with Crippen molar-refractivity contribution in [1.82, 2.24) is 24.9 Å². The van der Waals surface area contributed by atoms with Gasteiger partial charge in [-0.15, -0.1) is 0 Å². The number of nitrogens with one attached hydrogen (secondary N) is 2. The maximum atomic E-state index is 5.41. The number of rotatable bonds is 6. The Morgan fingerprint density at radius 2 is 1.94 bits per heavy atom. The summed E-state index contributed by atoms with van der Waals surface area (Å²) in [4.78, 5) is 12.3. The molecule has 8 nitrogen and oxygen atoms in total. The van der Waals surface area contributed by atoms with E-state index in [2.05, 4.69) is 53.5 Å². The van der Waals surface area contributed by atoms with Crippen LogP contribution in [0.4, 0.5) is 11.9 Å². The van der Waals surface area contributed by atoms with Gasteiger partial charge in [-0.05, 0) is 62.8 Å². The van der Waals surface area contributed by atoms with Gasteiger partial charge in [0.2, 0.25) is 11.9 Å². The van der Waals surface area contributed by atoms with E-state index in [1.54, 1.807) is 7.11 Å². The van der Waals surface area contributed by atoms with Crippen molar-refractivity contribution < 1.29 is 4.74 Å². The fraction of sp³-hybridized carbons (Fsp3) is 0.560. The molecule has 2 N–H and O–H groups in total. The number of hydrogen-bond acceptors (Lipinski definition) is 7. The highest BCUT2D eigenvalue weighted by molar-refractivity contribution is 5.57. The molecule has 2 aromatic heterocycles. The van der Waals surface area contributed by atoms with Gasteiger partial charge in [0.15, 0.2) is 5.65 Å². The second-order valence-electron chi connectivity index (χ2n) is 9.78. The van der Waals surface area contributed by atoms with E-state index in [1.165, 1.54) is 12.8 Å². The largest absolute Gasteiger partial charge is 0.497 e. The lowest BCUT2D eigenvalue weighted by Gasteiger charge is -2.39. The van der Waals surface area contributed by atoms with Crippen molar-refractivity contribution in [1.29, 1.82) is 0 Å². The van der Waals surface area contributed by atoms with Crippen LogP contribution < -0.4 is 20.3 Å². The molecule has 0 radical (unpaired) electrons. The molecule has 33 heavy (non-hydrogen) atoms. The third-order valence-electron chi connectivity index (χ3n) is 7.28. The van der Waals surface area contributed by atoms with Crippen LogP contribution in [0.3, 0.4) is 0 Å². The molecule has 176 valence electrons. The van der Waals surface area contributed by atoms with Crippen LogP contribution >= 0.6 is 0 Å². The summed E-state index contributed by atoms with van der Waals surface area (Å²) in [5.74, 6) is 2.69. The van der Waals surface area contributed by atoms with Gasteiger partial charge in [-0.2, -0.15) is 19.6 Å². The third-order valence-corrected chi connectivity index (χ3v) is 7.28. The molecule has 0 aliphatic carbocycles. The summed E-state index contributed by atoms with van der Waals surface area (Å²) >= 11 is 0. The van der Waals surface area contributed by atoms with Crippen molar-refractivity contribution in [3.05, 3.63) is 41.6 Å². The van der Waals surface area contributed by atoms with E-state index >= 15 is 0 Å². The fourth-order valence-corrected chi connectivity index (χ4v) is 5.14. The van der Waals surface area contributed by atoms with Crippen LogP contribution in [0.5, 0.6) is 5.75 Å². The number of benzene rings is 1. The van der Waals surface area contributed by atoms with Crippen LogP contribution in [-0.2, 0) is 0 Å². The lowest BCUT2D eigenvalue weighted by atomic mass is 9.86. The fourth-order valence-electron chi connectivity index (χ4n) is 5.14. The first-order chi connectivity index (χ1) is 16.0. The maximum Gasteiger partial charge on any atom is 0.230 e. The minimum Gasteiger partial charge on any atom is -0.497 e. The van der Waals surface area contributed by atoms with E-state index < -0.39 is 0 Å². The number of fused-ring (bicyclic) bond motifs is 1. The first kappa shape index (κ1) is 21.9. The van der Waals surface area contributed by atoms with Crippen LogP contribution in [0.25, 0.3) is 5.65 Å². The number of anilines is 2. The van der Waals surface area contributed by atoms with Gasteiger partial charge in [0.05, 0.1) is 19.3 Å². The van der Waals surface area contributed by atoms with Crippen LogP contribution in [0.1, 0.15) is 69.5 Å². The molecule has 3 aromatic rings. The van der Waals surface area contributed by atoms with E-state index in [4.69, 9.17) is 14.7 Å². The molecule has 0 saturated carbocycles. The molecule has 2 saturated heterocycles. The summed E-state index contributed by atoms with van der Waals surface area (Å²) in [6, 6.07) is 8.16. The van der Waals surface area contributed by atoms with E-state index in [0.29, 0.717) is 11.5 Å². The summed E-state index contributed by atoms with van der Waals surface area (Å²) in [6.45, 7) is 9.58. The molecular weight excluding hydrogens is 414 g/mol. The molecule has 0 bridgehead atoms. The lowest BCUT2D eigenvalue weighted by molar-refractivity contribution is 0.295. The Hall–Kier alpha value is -2.87. The number of piperidine rings is 1. The van der Waals surface area contributed by atoms with Crippen LogP contribution in [0.15, 0.2) is 30.5 Å². The molecule has 1 aromatic carbocycles. The Bertz CT molecular complexity index is 1110. The van der Waals surface area contributed by atoms with Gasteiger partial charge in [-0.3, -0.25) is 0 Å². The zero-order chi connectivity index (χ0) is 23.0. The highest BCUT2D eigenvalue weighted by Gasteiger charge is 2.37. The average molecular weight is 450 g/mol. The average Bonchev–Trinajstić information content (AvgIpc) is 3.47. The van der Waals surface area contributed by atoms with Crippen molar-refractivity contribution in [2.45, 2.75) is 64.0 Å². The minimum atomic E-state index is 0.0325. The smallest absolute Gasteiger partial charge is 0.230 e. The summed E-state index contributed by atoms with van der Waals surface area (Å²) < 4.78 is 7.26. The van der Waals surface area contributed by atoms with Crippen molar-refractivity contribution in [2.75, 3.05) is 37.0 Å². The standard InChI is InChI=1S/C25H35N7O/c1-17(2)21-16-27-32-22(21)29-23(31-13-10-25(11-14-31)9-6-12-26-25)30-24(32)28-18(3)19-7-5-8-20(15-19)33-4/h5,7-8,15-18,26H,6,9-14H2,1-4H3,(H,28,29,30). The quantitative estimate of drug-likeness (QED) is 0.585. The molecule has 8 heteroatoms. The van der Waals surface area contributed by atoms with Gasteiger partial charge >= 0.3 is 0 Å². The molecule has 2 fully saturated rings. The molecule has 1 unspecified atom stereocenters. The Morgan fingerprint density at radius 3 is 2.64 bits per heavy atom. The highest BCUT2D eigenvalue weighted by Crippen LogP contribution is 2.33. The van der Waals surface area contributed by atoms with E-state index in [1.807, 2.05) is 22.8 Å². The van der Waals surface area contributed by atoms with Gasteiger partial charge in [0.25, 0.3) is 0 Å². The Morgan fingerprint density at radius 1 is 1.12 bits per heavy atom. The molecule has 4 heterocycles. The highest BCUT2D eigenvalue weighted by atomic mass is 16.5. The number of hydrogen-bond donors (Lipinski definition) is 2. The van der Waals surface area contributed by atoms with Gasteiger partial charge < -0.3 is 20.3 Å². The van der Waals surface area contributed by atoms with Gasteiger partial charge in [-0.25, -0.2) is 0 Å². The predicted octanol–water partition coefficient (Wildman–Crippen LogP) is 4.15. The van der Waals surface area contributed by atoms with Crippen LogP contribution in [0, 0.1) is 0 Å². The Labute approximate surface area is 195 Å². The number of methoxy groups -OCH3 is 1. The first-order valence-corrected chi connectivity index (χ1v) is 12.1. The number of ether oxygens (including phenoxy) is 1. The Kier molecular flexibility index (Phi) is 5.86. The van der Waals surface area contributed by atoms with Gasteiger partial charge in [0, 0.05) is 24.2 Å². The van der Waals surface area contributed by atoms with Gasteiger partial charge in [0.1, 0.15) is 5.75 Å². The number of aromatic nitrogens is 4. The first-order valence-electron chi connectivity index (χ1n) is 12.1. The normalized spacial score (nSPS) is 18.9. The molecule has 5 rings (SSSR count). The number of nitrogens with zero attached hydrogens (tertiary/aromatic N) is 5. The van der Waals surface area contributed by atoms with Crippen molar-refractivity contribution >= 4 is 17.5 Å². The van der Waals surface area contributed by atoms with E-state index in [0.717, 1.165) is 66.9 Å². The maximum absolute atomic E-state index is 5.41. The molecule has 0 amide bonds. The molecular formula is C25H35N7O. The monoisotopic (exact) mass is 449 g/mol. The second kappa shape index (κ2) is 8.82. The van der Waals surface area contributed by atoms with E-state index in [9.17, 15) is 0 Å². The van der Waals surface area contributed by atoms with Crippen molar-refractivity contribution in [3.63, 3.8) is 0 Å². The molecule has 2 aliphatic rings. The van der Waals surface area contributed by atoms with E-state index in [-0.39, 0.29) is 6.04 Å². The third kappa shape index (κ3) is 4.24. The molecule has 2 aliphatic heterocycles. The predicted molar refractivity (Wildman–Crippen MR) is 131 cm³/mol. The lowest BCUT2D eigenvalue weighted by Crippen LogP contribution is -2.50. The van der Waals surface area contributed by atoms with Crippen LogP contribution in [-0.4, -0.2) is 51.9 Å². The summed E-state index contributed by atoms with van der Waals surface area (Å²) in [5, 5.41) is 12.0.